The van der Waals surface area contributed by atoms with E-state index in [1.807, 2.05) is 18.2 Å². The van der Waals surface area contributed by atoms with Gasteiger partial charge in [-0.3, -0.25) is 9.59 Å². The van der Waals surface area contributed by atoms with Crippen LogP contribution in [-0.4, -0.2) is 18.3 Å². The van der Waals surface area contributed by atoms with Crippen LogP contribution >= 0.6 is 15.9 Å². The summed E-state index contributed by atoms with van der Waals surface area (Å²) in [6.07, 6.45) is 2.06. The summed E-state index contributed by atoms with van der Waals surface area (Å²) < 4.78 is 6.40. The highest BCUT2D eigenvalue weighted by Crippen LogP contribution is 2.25. The number of hydrogen-bond acceptors (Lipinski definition) is 3. The molecular formula is C24H22BrNO3. The second kappa shape index (κ2) is 10.0. The van der Waals surface area contributed by atoms with Crippen molar-refractivity contribution in [1.82, 2.24) is 0 Å². The topological polar surface area (TPSA) is 55.4 Å². The first-order chi connectivity index (χ1) is 14.1. The van der Waals surface area contributed by atoms with Crippen LogP contribution in [0.3, 0.4) is 0 Å². The number of carbonyl (C=O) groups excluding carboxylic acids is 2. The molecule has 3 rings (SSSR count). The van der Waals surface area contributed by atoms with Crippen LogP contribution in [0.15, 0.2) is 77.3 Å². The highest BCUT2D eigenvalue weighted by atomic mass is 79.9. The fourth-order valence-corrected chi connectivity index (χ4v) is 3.15. The zero-order chi connectivity index (χ0) is 20.6. The molecule has 1 N–H and O–H groups in total. The molecule has 3 aromatic rings. The summed E-state index contributed by atoms with van der Waals surface area (Å²) >= 11 is 3.40. The van der Waals surface area contributed by atoms with Gasteiger partial charge in [-0.15, -0.1) is 0 Å². The van der Waals surface area contributed by atoms with Crippen LogP contribution in [0, 0.1) is 0 Å². The first-order valence-electron chi connectivity index (χ1n) is 9.52. The summed E-state index contributed by atoms with van der Waals surface area (Å²) in [5.74, 6) is 0.301. The third-order valence-corrected chi connectivity index (χ3v) is 4.89. The minimum Gasteiger partial charge on any atom is -0.494 e. The first kappa shape index (κ1) is 20.8. The molecule has 0 heterocycles. The van der Waals surface area contributed by atoms with Gasteiger partial charge in [-0.1, -0.05) is 59.6 Å². The third kappa shape index (κ3) is 5.55. The summed E-state index contributed by atoms with van der Waals surface area (Å²) in [6, 6.07) is 21.2. The number of hydrogen-bond donors (Lipinski definition) is 1. The van der Waals surface area contributed by atoms with E-state index in [2.05, 4.69) is 28.2 Å². The first-order valence-corrected chi connectivity index (χ1v) is 10.3. The molecule has 0 radical (unpaired) electrons. The second-order valence-corrected chi connectivity index (χ2v) is 7.48. The van der Waals surface area contributed by atoms with Crippen molar-refractivity contribution in [2.24, 2.45) is 0 Å². The van der Waals surface area contributed by atoms with Gasteiger partial charge in [-0.05, 0) is 48.9 Å². The maximum absolute atomic E-state index is 12.9. The molecule has 3 aromatic carbocycles. The maximum Gasteiger partial charge on any atom is 0.255 e. The molecule has 0 aromatic heterocycles. The molecule has 0 spiro atoms. The lowest BCUT2D eigenvalue weighted by Gasteiger charge is -2.12. The second-order valence-electron chi connectivity index (χ2n) is 6.57. The predicted molar refractivity (Wildman–Crippen MR) is 119 cm³/mol. The number of ketones is 1. The Kier molecular flexibility index (Phi) is 7.19. The van der Waals surface area contributed by atoms with Gasteiger partial charge in [0.2, 0.25) is 0 Å². The van der Waals surface area contributed by atoms with Gasteiger partial charge in [-0.25, -0.2) is 0 Å². The van der Waals surface area contributed by atoms with E-state index in [1.54, 1.807) is 54.6 Å². The normalized spacial score (nSPS) is 10.4. The number of benzene rings is 3. The van der Waals surface area contributed by atoms with Crippen molar-refractivity contribution in [1.29, 1.82) is 0 Å². The Hall–Kier alpha value is -2.92. The van der Waals surface area contributed by atoms with E-state index in [0.29, 0.717) is 29.0 Å². The zero-order valence-corrected chi connectivity index (χ0v) is 17.7. The van der Waals surface area contributed by atoms with Crippen LogP contribution in [0.2, 0.25) is 0 Å². The van der Waals surface area contributed by atoms with E-state index >= 15 is 0 Å². The standard InChI is InChI=1S/C24H22BrNO3/c1-2-3-15-29-20-12-9-18(10-13-20)24(28)26-22-14-11-19(25)16-21(22)23(27)17-7-5-4-6-8-17/h4-14,16H,2-3,15H2,1H3,(H,26,28). The van der Waals surface area contributed by atoms with Gasteiger partial charge in [-0.2, -0.15) is 0 Å². The molecule has 0 bridgehead atoms. The molecule has 148 valence electrons. The highest BCUT2D eigenvalue weighted by Gasteiger charge is 2.16. The number of rotatable bonds is 8. The van der Waals surface area contributed by atoms with Crippen LogP contribution in [0.25, 0.3) is 0 Å². The highest BCUT2D eigenvalue weighted by molar-refractivity contribution is 9.10. The van der Waals surface area contributed by atoms with Crippen molar-refractivity contribution < 1.29 is 14.3 Å². The summed E-state index contributed by atoms with van der Waals surface area (Å²) in [5.41, 5.74) is 1.96. The van der Waals surface area contributed by atoms with Crippen LogP contribution in [0.1, 0.15) is 46.0 Å². The Morgan fingerprint density at radius 1 is 0.931 bits per heavy atom. The Balaban J connectivity index is 1.78. The minimum atomic E-state index is -0.283. The van der Waals surface area contributed by atoms with Crippen molar-refractivity contribution in [2.45, 2.75) is 19.8 Å². The number of halogens is 1. The smallest absolute Gasteiger partial charge is 0.255 e. The summed E-state index contributed by atoms with van der Waals surface area (Å²) in [6.45, 7) is 2.77. The van der Waals surface area contributed by atoms with Gasteiger partial charge in [0.05, 0.1) is 12.3 Å². The quantitative estimate of drug-likeness (QED) is 0.331. The van der Waals surface area contributed by atoms with Crippen molar-refractivity contribution in [3.8, 4) is 5.75 Å². The number of amides is 1. The van der Waals surface area contributed by atoms with Crippen molar-refractivity contribution in [3.63, 3.8) is 0 Å². The summed E-state index contributed by atoms with van der Waals surface area (Å²) in [5, 5.41) is 2.86. The average molecular weight is 452 g/mol. The largest absolute Gasteiger partial charge is 0.494 e. The number of ether oxygens (including phenoxy) is 1. The molecule has 0 fully saturated rings. The molecule has 0 saturated heterocycles. The number of unbranched alkanes of at least 4 members (excludes halogenated alkanes) is 1. The van der Waals surface area contributed by atoms with Gasteiger partial charge >= 0.3 is 0 Å². The van der Waals surface area contributed by atoms with E-state index in [9.17, 15) is 9.59 Å². The molecule has 4 nitrogen and oxygen atoms in total. The lowest BCUT2D eigenvalue weighted by Crippen LogP contribution is -2.15. The fraction of sp³-hybridized carbons (Fsp3) is 0.167. The van der Waals surface area contributed by atoms with Crippen LogP contribution < -0.4 is 10.1 Å². The van der Waals surface area contributed by atoms with Crippen molar-refractivity contribution in [2.75, 3.05) is 11.9 Å². The van der Waals surface area contributed by atoms with E-state index in [-0.39, 0.29) is 11.7 Å². The van der Waals surface area contributed by atoms with Gasteiger partial charge in [0, 0.05) is 21.2 Å². The SMILES string of the molecule is CCCCOc1ccc(C(=O)Nc2ccc(Br)cc2C(=O)c2ccccc2)cc1. The number of nitrogens with one attached hydrogen (secondary N) is 1. The number of anilines is 1. The van der Waals surface area contributed by atoms with Gasteiger partial charge in [0.15, 0.2) is 5.78 Å². The lowest BCUT2D eigenvalue weighted by atomic mass is 10.0. The lowest BCUT2D eigenvalue weighted by molar-refractivity contribution is 0.102. The Morgan fingerprint density at radius 3 is 2.34 bits per heavy atom. The molecule has 5 heteroatoms. The summed E-state index contributed by atoms with van der Waals surface area (Å²) in [4.78, 5) is 25.6. The van der Waals surface area contributed by atoms with Crippen LogP contribution in [0.5, 0.6) is 5.75 Å². The third-order valence-electron chi connectivity index (χ3n) is 4.39. The Morgan fingerprint density at radius 2 is 1.66 bits per heavy atom. The minimum absolute atomic E-state index is 0.151. The van der Waals surface area contributed by atoms with E-state index in [0.717, 1.165) is 23.1 Å². The molecule has 0 aliphatic heterocycles. The molecular weight excluding hydrogens is 430 g/mol. The summed E-state index contributed by atoms with van der Waals surface area (Å²) in [7, 11) is 0. The van der Waals surface area contributed by atoms with E-state index in [4.69, 9.17) is 4.74 Å². The van der Waals surface area contributed by atoms with Crippen molar-refractivity contribution in [3.05, 3.63) is 94.0 Å². The maximum atomic E-state index is 12.9. The molecule has 0 unspecified atom stereocenters. The fourth-order valence-electron chi connectivity index (χ4n) is 2.79. The van der Waals surface area contributed by atoms with E-state index in [1.165, 1.54) is 0 Å². The average Bonchev–Trinajstić information content (AvgIpc) is 2.75. The molecule has 29 heavy (non-hydrogen) atoms. The van der Waals surface area contributed by atoms with Crippen LogP contribution in [0.4, 0.5) is 5.69 Å². The molecule has 1 amide bonds. The molecule has 0 aliphatic carbocycles. The van der Waals surface area contributed by atoms with Crippen LogP contribution in [-0.2, 0) is 0 Å². The van der Waals surface area contributed by atoms with Gasteiger partial charge in [0.1, 0.15) is 5.75 Å². The Bertz CT molecular complexity index is 985. The Labute approximate surface area is 179 Å². The van der Waals surface area contributed by atoms with Gasteiger partial charge in [0.25, 0.3) is 5.91 Å². The van der Waals surface area contributed by atoms with E-state index < -0.39 is 0 Å². The molecule has 0 aliphatic rings. The molecule has 0 atom stereocenters. The van der Waals surface area contributed by atoms with Crippen molar-refractivity contribution >= 4 is 33.3 Å². The monoisotopic (exact) mass is 451 g/mol. The molecule has 0 saturated carbocycles. The zero-order valence-electron chi connectivity index (χ0n) is 16.2. The predicted octanol–water partition coefficient (Wildman–Crippen LogP) is 6.11. The number of carbonyl (C=O) groups is 2. The van der Waals surface area contributed by atoms with Gasteiger partial charge < -0.3 is 10.1 Å².